The number of amides is 1. The summed E-state index contributed by atoms with van der Waals surface area (Å²) in [6, 6.07) is 2.35. The maximum atomic E-state index is 11.5. The van der Waals surface area contributed by atoms with E-state index >= 15 is 0 Å². The minimum atomic E-state index is -1.11. The molecule has 1 rings (SSSR count). The summed E-state index contributed by atoms with van der Waals surface area (Å²) in [6.07, 6.45) is 0. The number of nitrogens with one attached hydrogen (secondary N) is 1. The summed E-state index contributed by atoms with van der Waals surface area (Å²) in [6.45, 7) is -0.0492. The van der Waals surface area contributed by atoms with Crippen LogP contribution in [0.15, 0.2) is 17.5 Å². The minimum Gasteiger partial charge on any atom is -0.480 e. The molecule has 1 atom stereocenters. The third-order valence-corrected chi connectivity index (χ3v) is 2.55. The molecule has 1 heterocycles. The van der Waals surface area contributed by atoms with Gasteiger partial charge in [0.05, 0.1) is 11.5 Å². The zero-order chi connectivity index (χ0) is 11.3. The van der Waals surface area contributed by atoms with Gasteiger partial charge < -0.3 is 15.2 Å². The number of aliphatic carboxylic acids is 1. The monoisotopic (exact) mass is 229 g/mol. The van der Waals surface area contributed by atoms with Crippen molar-refractivity contribution in [1.82, 2.24) is 5.32 Å². The van der Waals surface area contributed by atoms with Crippen LogP contribution in [0.5, 0.6) is 0 Å². The van der Waals surface area contributed by atoms with Gasteiger partial charge in [0.1, 0.15) is 0 Å². The summed E-state index contributed by atoms with van der Waals surface area (Å²) in [5.41, 5.74) is 0. The molecule has 2 N–H and O–H groups in total. The molecule has 1 aromatic rings. The second kappa shape index (κ2) is 5.47. The van der Waals surface area contributed by atoms with Gasteiger partial charge in [0.2, 0.25) is 0 Å². The number of carbonyl (C=O) groups is 2. The van der Waals surface area contributed by atoms with E-state index in [0.717, 1.165) is 0 Å². The first-order chi connectivity index (χ1) is 7.15. The van der Waals surface area contributed by atoms with Crippen LogP contribution in [-0.4, -0.2) is 36.7 Å². The van der Waals surface area contributed by atoms with Gasteiger partial charge in [0.25, 0.3) is 5.91 Å². The Kier molecular flexibility index (Phi) is 4.26. The number of rotatable bonds is 5. The normalized spacial score (nSPS) is 12.1. The van der Waals surface area contributed by atoms with Crippen molar-refractivity contribution in [1.29, 1.82) is 0 Å². The first kappa shape index (κ1) is 11.7. The first-order valence-corrected chi connectivity index (χ1v) is 5.09. The van der Waals surface area contributed by atoms with Crippen molar-refractivity contribution in [2.24, 2.45) is 0 Å². The lowest BCUT2D eigenvalue weighted by atomic mass is 10.3. The standard InChI is InChI=1S/C9H11NO4S/c1-14-5-6(9(12)13)10-8(11)7-3-2-4-15-7/h2-4,6H,5H2,1H3,(H,10,11)(H,12,13). The summed E-state index contributed by atoms with van der Waals surface area (Å²) in [5, 5.41) is 12.9. The molecular formula is C9H11NO4S. The number of hydrogen-bond acceptors (Lipinski definition) is 4. The van der Waals surface area contributed by atoms with Gasteiger partial charge in [-0.05, 0) is 11.4 Å². The van der Waals surface area contributed by atoms with Crippen LogP contribution in [0.3, 0.4) is 0 Å². The third kappa shape index (κ3) is 3.34. The molecular weight excluding hydrogens is 218 g/mol. The molecule has 5 nitrogen and oxygen atoms in total. The van der Waals surface area contributed by atoms with E-state index in [0.29, 0.717) is 4.88 Å². The Balaban J connectivity index is 2.59. The Bertz CT molecular complexity index is 336. The fourth-order valence-electron chi connectivity index (χ4n) is 0.978. The maximum Gasteiger partial charge on any atom is 0.328 e. The van der Waals surface area contributed by atoms with Crippen LogP contribution in [0, 0.1) is 0 Å². The van der Waals surface area contributed by atoms with Gasteiger partial charge in [0, 0.05) is 7.11 Å². The van der Waals surface area contributed by atoms with Crippen molar-refractivity contribution in [3.8, 4) is 0 Å². The SMILES string of the molecule is COCC(NC(=O)c1cccs1)C(=O)O. The van der Waals surface area contributed by atoms with Crippen LogP contribution < -0.4 is 5.32 Å². The highest BCUT2D eigenvalue weighted by atomic mass is 32.1. The summed E-state index contributed by atoms with van der Waals surface area (Å²) in [5.74, 6) is -1.50. The van der Waals surface area contributed by atoms with Crippen LogP contribution in [-0.2, 0) is 9.53 Å². The van der Waals surface area contributed by atoms with E-state index in [1.807, 2.05) is 0 Å². The molecule has 0 saturated heterocycles. The smallest absolute Gasteiger partial charge is 0.328 e. The molecule has 0 aliphatic heterocycles. The third-order valence-electron chi connectivity index (χ3n) is 1.68. The summed E-state index contributed by atoms with van der Waals surface area (Å²) >= 11 is 1.26. The number of methoxy groups -OCH3 is 1. The Hall–Kier alpha value is -1.40. The fourth-order valence-corrected chi connectivity index (χ4v) is 1.61. The second-order valence-corrected chi connectivity index (χ2v) is 3.74. The average Bonchev–Trinajstić information content (AvgIpc) is 2.69. The molecule has 82 valence electrons. The molecule has 0 aliphatic carbocycles. The van der Waals surface area contributed by atoms with Crippen molar-refractivity contribution < 1.29 is 19.4 Å². The van der Waals surface area contributed by atoms with Crippen LogP contribution >= 0.6 is 11.3 Å². The van der Waals surface area contributed by atoms with Gasteiger partial charge in [-0.3, -0.25) is 4.79 Å². The topological polar surface area (TPSA) is 75.6 Å². The lowest BCUT2D eigenvalue weighted by Gasteiger charge is -2.12. The van der Waals surface area contributed by atoms with Crippen molar-refractivity contribution in [2.45, 2.75) is 6.04 Å². The number of hydrogen-bond donors (Lipinski definition) is 2. The molecule has 0 bridgehead atoms. The van der Waals surface area contributed by atoms with Gasteiger partial charge in [-0.15, -0.1) is 11.3 Å². The second-order valence-electron chi connectivity index (χ2n) is 2.80. The van der Waals surface area contributed by atoms with Gasteiger partial charge >= 0.3 is 5.97 Å². The van der Waals surface area contributed by atoms with E-state index in [-0.39, 0.29) is 6.61 Å². The van der Waals surface area contributed by atoms with E-state index in [9.17, 15) is 9.59 Å². The summed E-state index contributed by atoms with van der Waals surface area (Å²) < 4.78 is 4.69. The predicted molar refractivity (Wildman–Crippen MR) is 55.1 cm³/mol. The van der Waals surface area contributed by atoms with Crippen LogP contribution in [0.25, 0.3) is 0 Å². The minimum absolute atomic E-state index is 0.0492. The Morgan fingerprint density at radius 2 is 2.40 bits per heavy atom. The number of carbonyl (C=O) groups excluding carboxylic acids is 1. The van der Waals surface area contributed by atoms with E-state index in [2.05, 4.69) is 5.32 Å². The van der Waals surface area contributed by atoms with Crippen molar-refractivity contribution in [3.05, 3.63) is 22.4 Å². The van der Waals surface area contributed by atoms with Crippen molar-refractivity contribution in [2.75, 3.05) is 13.7 Å². The van der Waals surface area contributed by atoms with Crippen LogP contribution in [0.4, 0.5) is 0 Å². The quantitative estimate of drug-likeness (QED) is 0.774. The van der Waals surface area contributed by atoms with Crippen LogP contribution in [0.2, 0.25) is 0 Å². The van der Waals surface area contributed by atoms with Crippen LogP contribution in [0.1, 0.15) is 9.67 Å². The Labute approximate surface area is 90.7 Å². The highest BCUT2D eigenvalue weighted by molar-refractivity contribution is 7.12. The molecule has 0 fully saturated rings. The molecule has 1 unspecified atom stereocenters. The zero-order valence-electron chi connectivity index (χ0n) is 8.10. The van der Waals surface area contributed by atoms with Gasteiger partial charge in [0.15, 0.2) is 6.04 Å². The summed E-state index contributed by atoms with van der Waals surface area (Å²) in [4.78, 5) is 22.7. The van der Waals surface area contributed by atoms with E-state index in [1.165, 1.54) is 18.4 Å². The lowest BCUT2D eigenvalue weighted by molar-refractivity contribution is -0.140. The average molecular weight is 229 g/mol. The molecule has 6 heteroatoms. The Morgan fingerprint density at radius 1 is 1.67 bits per heavy atom. The highest BCUT2D eigenvalue weighted by Gasteiger charge is 2.20. The fraction of sp³-hybridized carbons (Fsp3) is 0.333. The Morgan fingerprint density at radius 3 is 2.87 bits per heavy atom. The lowest BCUT2D eigenvalue weighted by Crippen LogP contribution is -2.43. The summed E-state index contributed by atoms with van der Waals surface area (Å²) in [7, 11) is 1.38. The molecule has 0 aromatic carbocycles. The van der Waals surface area contributed by atoms with Gasteiger partial charge in [-0.1, -0.05) is 6.07 Å². The predicted octanol–water partition coefficient (Wildman–Crippen LogP) is 0.577. The number of carboxylic acids is 1. The molecule has 0 spiro atoms. The molecule has 0 radical (unpaired) electrons. The molecule has 15 heavy (non-hydrogen) atoms. The molecule has 0 aliphatic rings. The van der Waals surface area contributed by atoms with E-state index < -0.39 is 17.9 Å². The first-order valence-electron chi connectivity index (χ1n) is 4.21. The zero-order valence-corrected chi connectivity index (χ0v) is 8.91. The molecule has 1 aromatic heterocycles. The highest BCUT2D eigenvalue weighted by Crippen LogP contribution is 2.08. The number of ether oxygens (including phenoxy) is 1. The maximum absolute atomic E-state index is 11.5. The van der Waals surface area contributed by atoms with Gasteiger partial charge in [-0.2, -0.15) is 0 Å². The van der Waals surface area contributed by atoms with E-state index in [4.69, 9.17) is 9.84 Å². The van der Waals surface area contributed by atoms with E-state index in [1.54, 1.807) is 17.5 Å². The van der Waals surface area contributed by atoms with Gasteiger partial charge in [-0.25, -0.2) is 4.79 Å². The number of carboxylic acid groups (broad SMARTS) is 1. The largest absolute Gasteiger partial charge is 0.480 e. The molecule has 1 amide bonds. The number of thiophene rings is 1. The van der Waals surface area contributed by atoms with Crippen molar-refractivity contribution >= 4 is 23.2 Å². The molecule has 0 saturated carbocycles. The van der Waals surface area contributed by atoms with Crippen molar-refractivity contribution in [3.63, 3.8) is 0 Å².